The predicted molar refractivity (Wildman–Crippen MR) is 65.0 cm³/mol. The number of ether oxygens (including phenoxy) is 1. The highest BCUT2D eigenvalue weighted by molar-refractivity contribution is 5.93. The molecule has 0 aliphatic carbocycles. The molecular formula is C11H15N3O5. The van der Waals surface area contributed by atoms with Gasteiger partial charge in [0.1, 0.15) is 5.56 Å². The maximum atomic E-state index is 12.3. The molecule has 19 heavy (non-hydrogen) atoms. The number of carbonyl (C=O) groups excluding carboxylic acids is 1. The van der Waals surface area contributed by atoms with E-state index < -0.39 is 23.3 Å². The van der Waals surface area contributed by atoms with Gasteiger partial charge < -0.3 is 19.7 Å². The summed E-state index contributed by atoms with van der Waals surface area (Å²) in [4.78, 5) is 40.5. The highest BCUT2D eigenvalue weighted by Gasteiger charge is 2.31. The quantitative estimate of drug-likeness (QED) is 0.591. The molecule has 0 bridgehead atoms. The zero-order valence-electron chi connectivity index (χ0n) is 10.4. The minimum atomic E-state index is -0.729. The third-order valence-electron chi connectivity index (χ3n) is 3.02. The number of amides is 1. The number of hydrogen-bond acceptors (Lipinski definition) is 5. The molecule has 2 unspecified atom stereocenters. The number of carbonyl (C=O) groups is 1. The van der Waals surface area contributed by atoms with Gasteiger partial charge in [0.2, 0.25) is 0 Å². The third kappa shape index (κ3) is 2.74. The molecular weight excluding hydrogens is 254 g/mol. The largest absolute Gasteiger partial charge is 0.394 e. The Morgan fingerprint density at radius 3 is 2.95 bits per heavy atom. The van der Waals surface area contributed by atoms with E-state index in [4.69, 9.17) is 9.84 Å². The summed E-state index contributed by atoms with van der Waals surface area (Å²) in [7, 11) is 0. The van der Waals surface area contributed by atoms with Crippen molar-refractivity contribution in [1.29, 1.82) is 0 Å². The molecule has 1 aliphatic heterocycles. The van der Waals surface area contributed by atoms with Crippen LogP contribution in [0.25, 0.3) is 0 Å². The van der Waals surface area contributed by atoms with Gasteiger partial charge in [0.05, 0.1) is 25.4 Å². The number of aliphatic hydroxyl groups is 1. The number of morpholine rings is 1. The molecule has 1 amide bonds. The van der Waals surface area contributed by atoms with Crippen molar-refractivity contribution >= 4 is 5.91 Å². The van der Waals surface area contributed by atoms with E-state index in [-0.39, 0.29) is 31.4 Å². The summed E-state index contributed by atoms with van der Waals surface area (Å²) in [6.45, 7) is 2.08. The van der Waals surface area contributed by atoms with Gasteiger partial charge in [0.15, 0.2) is 0 Å². The van der Waals surface area contributed by atoms with E-state index in [9.17, 15) is 14.4 Å². The molecule has 0 radical (unpaired) electrons. The fourth-order valence-electron chi connectivity index (χ4n) is 1.93. The van der Waals surface area contributed by atoms with Gasteiger partial charge in [0.25, 0.3) is 11.5 Å². The number of aromatic amines is 2. The molecule has 0 aromatic carbocycles. The van der Waals surface area contributed by atoms with Gasteiger partial charge in [-0.25, -0.2) is 4.79 Å². The van der Waals surface area contributed by atoms with Crippen molar-refractivity contribution in [3.63, 3.8) is 0 Å². The van der Waals surface area contributed by atoms with E-state index in [1.54, 1.807) is 6.92 Å². The zero-order valence-corrected chi connectivity index (χ0v) is 10.4. The summed E-state index contributed by atoms with van der Waals surface area (Å²) in [5, 5.41) is 9.06. The van der Waals surface area contributed by atoms with Gasteiger partial charge in [-0.1, -0.05) is 0 Å². The van der Waals surface area contributed by atoms with E-state index in [0.29, 0.717) is 0 Å². The maximum Gasteiger partial charge on any atom is 0.325 e. The van der Waals surface area contributed by atoms with Crippen LogP contribution in [0.3, 0.4) is 0 Å². The third-order valence-corrected chi connectivity index (χ3v) is 3.02. The number of aliphatic hydroxyl groups excluding tert-OH is 1. The Morgan fingerprint density at radius 1 is 1.58 bits per heavy atom. The van der Waals surface area contributed by atoms with Crippen LogP contribution < -0.4 is 11.2 Å². The van der Waals surface area contributed by atoms with E-state index in [1.165, 1.54) is 4.90 Å². The second kappa shape index (κ2) is 5.37. The van der Waals surface area contributed by atoms with Crippen LogP contribution in [0.5, 0.6) is 0 Å². The number of aromatic nitrogens is 2. The summed E-state index contributed by atoms with van der Waals surface area (Å²) in [5.41, 5.74) is -1.53. The molecule has 8 heteroatoms. The van der Waals surface area contributed by atoms with E-state index in [1.807, 2.05) is 4.98 Å². The molecule has 1 aliphatic rings. The monoisotopic (exact) mass is 269 g/mol. The average Bonchev–Trinajstić information content (AvgIpc) is 2.38. The first-order valence-corrected chi connectivity index (χ1v) is 5.88. The molecule has 1 aromatic rings. The van der Waals surface area contributed by atoms with Crippen LogP contribution in [0.2, 0.25) is 0 Å². The van der Waals surface area contributed by atoms with Gasteiger partial charge in [-0.3, -0.25) is 14.6 Å². The van der Waals surface area contributed by atoms with Crippen LogP contribution in [0.15, 0.2) is 15.8 Å². The standard InChI is InChI=1S/C11H15N3O5/c1-6-5-19-7(4-15)3-14(6)10(17)8-2-12-11(18)13-9(8)16/h2,6-7,15H,3-5H2,1H3,(H2,12,13,16,18). The lowest BCUT2D eigenvalue weighted by Gasteiger charge is -2.37. The molecule has 104 valence electrons. The van der Waals surface area contributed by atoms with Crippen molar-refractivity contribution in [3.05, 3.63) is 32.6 Å². The number of nitrogens with one attached hydrogen (secondary N) is 2. The SMILES string of the molecule is CC1COC(CO)CN1C(=O)c1c[nH]c(=O)[nH]c1=O. The van der Waals surface area contributed by atoms with E-state index in [2.05, 4.69) is 4.98 Å². The van der Waals surface area contributed by atoms with Crippen molar-refractivity contribution in [2.75, 3.05) is 19.8 Å². The number of rotatable bonds is 2. The van der Waals surface area contributed by atoms with Crippen molar-refractivity contribution < 1.29 is 14.6 Å². The van der Waals surface area contributed by atoms with Crippen LogP contribution in [0.1, 0.15) is 17.3 Å². The number of hydrogen-bond donors (Lipinski definition) is 3. The van der Waals surface area contributed by atoms with Crippen molar-refractivity contribution in [1.82, 2.24) is 14.9 Å². The highest BCUT2D eigenvalue weighted by atomic mass is 16.5. The lowest BCUT2D eigenvalue weighted by atomic mass is 10.1. The van der Waals surface area contributed by atoms with E-state index in [0.717, 1.165) is 6.20 Å². The van der Waals surface area contributed by atoms with Crippen molar-refractivity contribution in [2.24, 2.45) is 0 Å². The Balaban J connectivity index is 2.27. The molecule has 3 N–H and O–H groups in total. The predicted octanol–water partition coefficient (Wildman–Crippen LogP) is -1.71. The molecule has 2 heterocycles. The molecule has 8 nitrogen and oxygen atoms in total. The van der Waals surface area contributed by atoms with Gasteiger partial charge in [-0.05, 0) is 6.92 Å². The molecule has 1 fully saturated rings. The first-order chi connectivity index (χ1) is 9.02. The summed E-state index contributed by atoms with van der Waals surface area (Å²) < 4.78 is 5.32. The Morgan fingerprint density at radius 2 is 2.32 bits per heavy atom. The van der Waals surface area contributed by atoms with Crippen LogP contribution in [-0.4, -0.2) is 57.8 Å². The first-order valence-electron chi connectivity index (χ1n) is 5.88. The van der Waals surface area contributed by atoms with Gasteiger partial charge in [0, 0.05) is 12.7 Å². The van der Waals surface area contributed by atoms with Crippen molar-refractivity contribution in [3.8, 4) is 0 Å². The topological polar surface area (TPSA) is 115 Å². The summed E-state index contributed by atoms with van der Waals surface area (Å²) >= 11 is 0. The van der Waals surface area contributed by atoms with Gasteiger partial charge in [-0.2, -0.15) is 0 Å². The molecule has 1 aromatic heterocycles. The smallest absolute Gasteiger partial charge is 0.325 e. The minimum Gasteiger partial charge on any atom is -0.394 e. The second-order valence-electron chi connectivity index (χ2n) is 4.43. The highest BCUT2D eigenvalue weighted by Crippen LogP contribution is 2.13. The molecule has 0 saturated carbocycles. The summed E-state index contributed by atoms with van der Waals surface area (Å²) in [6, 6.07) is -0.207. The lowest BCUT2D eigenvalue weighted by Crippen LogP contribution is -2.53. The molecule has 1 saturated heterocycles. The van der Waals surface area contributed by atoms with Crippen molar-refractivity contribution in [2.45, 2.75) is 19.1 Å². The molecule has 2 atom stereocenters. The fourth-order valence-corrected chi connectivity index (χ4v) is 1.93. The Hall–Kier alpha value is -1.93. The second-order valence-corrected chi connectivity index (χ2v) is 4.43. The summed E-state index contributed by atoms with van der Waals surface area (Å²) in [5.74, 6) is -0.494. The van der Waals surface area contributed by atoms with Gasteiger partial charge in [-0.15, -0.1) is 0 Å². The Bertz CT molecular complexity index is 578. The fraction of sp³-hybridized carbons (Fsp3) is 0.545. The molecule has 2 rings (SSSR count). The van der Waals surface area contributed by atoms with Crippen LogP contribution in [0, 0.1) is 0 Å². The maximum absolute atomic E-state index is 12.3. The average molecular weight is 269 g/mol. The summed E-state index contributed by atoms with van der Waals surface area (Å²) in [6.07, 6.45) is 0.640. The normalized spacial score (nSPS) is 23.4. The van der Waals surface area contributed by atoms with E-state index >= 15 is 0 Å². The van der Waals surface area contributed by atoms with Crippen LogP contribution in [-0.2, 0) is 4.74 Å². The van der Waals surface area contributed by atoms with Crippen LogP contribution >= 0.6 is 0 Å². The molecule has 0 spiro atoms. The van der Waals surface area contributed by atoms with Gasteiger partial charge >= 0.3 is 5.69 Å². The number of nitrogens with zero attached hydrogens (tertiary/aromatic N) is 1. The Labute approximate surface area is 108 Å². The minimum absolute atomic E-state index is 0.134. The van der Waals surface area contributed by atoms with Crippen LogP contribution in [0.4, 0.5) is 0 Å². The lowest BCUT2D eigenvalue weighted by molar-refractivity contribution is -0.0667. The first kappa shape index (κ1) is 13.5. The number of H-pyrrole nitrogens is 2. The Kier molecular flexibility index (Phi) is 3.82. The zero-order chi connectivity index (χ0) is 14.0.